The largest absolute Gasteiger partial charge is 0.379 e. The predicted octanol–water partition coefficient (Wildman–Crippen LogP) is 0.494. The smallest absolute Gasteiger partial charge is 0.0594 e. The fourth-order valence-electron chi connectivity index (χ4n) is 2.14. The highest BCUT2D eigenvalue weighted by Gasteiger charge is 2.15. The van der Waals surface area contributed by atoms with Gasteiger partial charge in [0, 0.05) is 38.8 Å². The number of likely N-dealkylation sites (N-methyl/N-ethyl adjacent to an activating group) is 1. The Kier molecular flexibility index (Phi) is 7.04. The van der Waals surface area contributed by atoms with Gasteiger partial charge >= 0.3 is 0 Å². The Labute approximate surface area is 106 Å². The lowest BCUT2D eigenvalue weighted by Crippen LogP contribution is -2.46. The molecule has 1 saturated heterocycles. The second-order valence-electron chi connectivity index (χ2n) is 5.52. The van der Waals surface area contributed by atoms with Gasteiger partial charge in [-0.05, 0) is 20.0 Å². The Bertz CT molecular complexity index is 191. The maximum Gasteiger partial charge on any atom is 0.0594 e. The minimum atomic E-state index is 0.589. The van der Waals surface area contributed by atoms with Crippen LogP contribution in [0, 0.1) is 5.92 Å². The molecule has 0 aromatic heterocycles. The van der Waals surface area contributed by atoms with Crippen LogP contribution in [0.25, 0.3) is 0 Å². The zero-order valence-electron chi connectivity index (χ0n) is 11.9. The molecule has 1 aliphatic heterocycles. The highest BCUT2D eigenvalue weighted by molar-refractivity contribution is 4.74. The summed E-state index contributed by atoms with van der Waals surface area (Å²) in [7, 11) is 4.28. The van der Waals surface area contributed by atoms with Crippen LogP contribution in [0.1, 0.15) is 13.8 Å². The number of ether oxygens (including phenoxy) is 1. The molecule has 17 heavy (non-hydrogen) atoms. The monoisotopic (exact) mass is 243 g/mol. The van der Waals surface area contributed by atoms with Gasteiger partial charge in [0.25, 0.3) is 0 Å². The first-order valence-corrected chi connectivity index (χ1v) is 6.78. The van der Waals surface area contributed by atoms with E-state index in [1.165, 1.54) is 0 Å². The van der Waals surface area contributed by atoms with Crippen LogP contribution in [-0.4, -0.2) is 75.9 Å². The zero-order chi connectivity index (χ0) is 12.7. The molecular formula is C13H29N3O. The maximum atomic E-state index is 5.35. The van der Waals surface area contributed by atoms with Crippen molar-refractivity contribution in [3.05, 3.63) is 0 Å². The molecule has 102 valence electrons. The van der Waals surface area contributed by atoms with Crippen LogP contribution in [0.4, 0.5) is 0 Å². The fraction of sp³-hybridized carbons (Fsp3) is 1.00. The highest BCUT2D eigenvalue weighted by atomic mass is 16.5. The number of morpholine rings is 1. The molecule has 0 radical (unpaired) electrons. The second-order valence-corrected chi connectivity index (χ2v) is 5.52. The predicted molar refractivity (Wildman–Crippen MR) is 72.4 cm³/mol. The van der Waals surface area contributed by atoms with Crippen LogP contribution in [0.15, 0.2) is 0 Å². The minimum Gasteiger partial charge on any atom is -0.379 e. The van der Waals surface area contributed by atoms with E-state index >= 15 is 0 Å². The molecule has 1 rings (SSSR count). The third kappa shape index (κ3) is 6.36. The SMILES string of the molecule is CC(C)C(CN(C)C)NCCN1CCOCC1. The van der Waals surface area contributed by atoms with Crippen LogP contribution in [0.5, 0.6) is 0 Å². The molecule has 0 amide bonds. The summed E-state index contributed by atoms with van der Waals surface area (Å²) in [4.78, 5) is 4.73. The number of nitrogens with zero attached hydrogens (tertiary/aromatic N) is 2. The molecule has 0 saturated carbocycles. The van der Waals surface area contributed by atoms with Crippen molar-refractivity contribution in [3.8, 4) is 0 Å². The van der Waals surface area contributed by atoms with Gasteiger partial charge in [0.15, 0.2) is 0 Å². The average Bonchev–Trinajstić information content (AvgIpc) is 2.28. The molecule has 0 spiro atoms. The van der Waals surface area contributed by atoms with E-state index in [2.05, 4.69) is 43.1 Å². The summed E-state index contributed by atoms with van der Waals surface area (Å²) < 4.78 is 5.35. The van der Waals surface area contributed by atoms with Crippen LogP contribution in [-0.2, 0) is 4.74 Å². The molecule has 1 unspecified atom stereocenters. The molecule has 0 aromatic carbocycles. The zero-order valence-corrected chi connectivity index (χ0v) is 11.9. The van der Waals surface area contributed by atoms with Gasteiger partial charge in [0.2, 0.25) is 0 Å². The summed E-state index contributed by atoms with van der Waals surface area (Å²) in [5.41, 5.74) is 0. The van der Waals surface area contributed by atoms with Crippen molar-refractivity contribution in [2.24, 2.45) is 5.92 Å². The van der Waals surface area contributed by atoms with E-state index < -0.39 is 0 Å². The molecule has 1 fully saturated rings. The lowest BCUT2D eigenvalue weighted by molar-refractivity contribution is 0.0378. The molecule has 0 bridgehead atoms. The van der Waals surface area contributed by atoms with Gasteiger partial charge in [-0.2, -0.15) is 0 Å². The van der Waals surface area contributed by atoms with Crippen LogP contribution in [0.2, 0.25) is 0 Å². The van der Waals surface area contributed by atoms with Gasteiger partial charge in [-0.15, -0.1) is 0 Å². The topological polar surface area (TPSA) is 27.7 Å². The standard InChI is InChI=1S/C13H29N3O/c1-12(2)13(11-15(3)4)14-5-6-16-7-9-17-10-8-16/h12-14H,5-11H2,1-4H3. The van der Waals surface area contributed by atoms with Gasteiger partial charge in [0.1, 0.15) is 0 Å². The van der Waals surface area contributed by atoms with Gasteiger partial charge in [-0.1, -0.05) is 13.8 Å². The van der Waals surface area contributed by atoms with E-state index in [0.29, 0.717) is 12.0 Å². The number of hydrogen-bond acceptors (Lipinski definition) is 4. The summed E-state index contributed by atoms with van der Waals surface area (Å²) in [6, 6.07) is 0.589. The van der Waals surface area contributed by atoms with Crippen LogP contribution < -0.4 is 5.32 Å². The quantitative estimate of drug-likeness (QED) is 0.704. The molecule has 1 N–H and O–H groups in total. The van der Waals surface area contributed by atoms with Crippen molar-refractivity contribution in [2.75, 3.05) is 60.0 Å². The van der Waals surface area contributed by atoms with Crippen LogP contribution >= 0.6 is 0 Å². The van der Waals surface area contributed by atoms with Crippen molar-refractivity contribution >= 4 is 0 Å². The lowest BCUT2D eigenvalue weighted by Gasteiger charge is -2.29. The first-order chi connectivity index (χ1) is 8.09. The Morgan fingerprint density at radius 2 is 1.88 bits per heavy atom. The van der Waals surface area contributed by atoms with E-state index in [1.807, 2.05) is 0 Å². The summed E-state index contributed by atoms with van der Waals surface area (Å²) in [5, 5.41) is 3.67. The van der Waals surface area contributed by atoms with E-state index in [4.69, 9.17) is 4.74 Å². The van der Waals surface area contributed by atoms with E-state index in [0.717, 1.165) is 45.9 Å². The average molecular weight is 243 g/mol. The second kappa shape index (κ2) is 8.03. The van der Waals surface area contributed by atoms with Gasteiger partial charge in [-0.3, -0.25) is 4.90 Å². The first kappa shape index (κ1) is 14.9. The molecule has 4 nitrogen and oxygen atoms in total. The summed E-state index contributed by atoms with van der Waals surface area (Å²) in [6.07, 6.45) is 0. The summed E-state index contributed by atoms with van der Waals surface area (Å²) >= 11 is 0. The molecular weight excluding hydrogens is 214 g/mol. The summed E-state index contributed by atoms with van der Waals surface area (Å²) in [6.45, 7) is 11.9. The Morgan fingerprint density at radius 3 is 2.41 bits per heavy atom. The van der Waals surface area contributed by atoms with E-state index in [9.17, 15) is 0 Å². The first-order valence-electron chi connectivity index (χ1n) is 6.78. The Morgan fingerprint density at radius 1 is 1.24 bits per heavy atom. The normalized spacial score (nSPS) is 20.1. The van der Waals surface area contributed by atoms with Crippen molar-refractivity contribution in [3.63, 3.8) is 0 Å². The molecule has 0 aromatic rings. The fourth-order valence-corrected chi connectivity index (χ4v) is 2.14. The highest BCUT2D eigenvalue weighted by Crippen LogP contribution is 2.02. The number of hydrogen-bond donors (Lipinski definition) is 1. The minimum absolute atomic E-state index is 0.589. The molecule has 1 atom stereocenters. The Hall–Kier alpha value is -0.160. The third-order valence-electron chi connectivity index (χ3n) is 3.30. The van der Waals surface area contributed by atoms with Crippen molar-refractivity contribution in [1.29, 1.82) is 0 Å². The molecule has 0 aliphatic carbocycles. The molecule has 1 aliphatic rings. The van der Waals surface area contributed by atoms with Crippen molar-refractivity contribution < 1.29 is 4.74 Å². The van der Waals surface area contributed by atoms with Gasteiger partial charge in [0.05, 0.1) is 13.2 Å². The van der Waals surface area contributed by atoms with Crippen molar-refractivity contribution in [2.45, 2.75) is 19.9 Å². The lowest BCUT2D eigenvalue weighted by atomic mass is 10.0. The maximum absolute atomic E-state index is 5.35. The van der Waals surface area contributed by atoms with Crippen molar-refractivity contribution in [1.82, 2.24) is 15.1 Å². The van der Waals surface area contributed by atoms with Gasteiger partial charge in [-0.25, -0.2) is 0 Å². The molecule has 4 heteroatoms. The Balaban J connectivity index is 2.17. The van der Waals surface area contributed by atoms with Gasteiger partial charge < -0.3 is 15.0 Å². The summed E-state index contributed by atoms with van der Waals surface area (Å²) in [5.74, 6) is 0.682. The van der Waals surface area contributed by atoms with Crippen LogP contribution in [0.3, 0.4) is 0 Å². The number of rotatable bonds is 7. The van der Waals surface area contributed by atoms with E-state index in [1.54, 1.807) is 0 Å². The number of nitrogens with one attached hydrogen (secondary N) is 1. The molecule has 1 heterocycles. The third-order valence-corrected chi connectivity index (χ3v) is 3.30. The van der Waals surface area contributed by atoms with E-state index in [-0.39, 0.29) is 0 Å².